The summed E-state index contributed by atoms with van der Waals surface area (Å²) in [7, 11) is 0.502. The van der Waals surface area contributed by atoms with E-state index < -0.39 is 15.9 Å². The molecule has 1 saturated heterocycles. The second-order valence-corrected chi connectivity index (χ2v) is 8.12. The number of hydrogen-bond donors (Lipinski definition) is 1. The third-order valence-electron chi connectivity index (χ3n) is 3.84. The molecule has 1 amide bonds. The van der Waals surface area contributed by atoms with Gasteiger partial charge in [0.15, 0.2) is 5.75 Å². The maximum absolute atomic E-state index is 13.1. The second kappa shape index (κ2) is 9.20. The van der Waals surface area contributed by atoms with Crippen LogP contribution in [0.4, 0.5) is 0 Å². The topological polar surface area (TPSA) is 102 Å². The van der Waals surface area contributed by atoms with Crippen molar-refractivity contribution in [3.05, 3.63) is 22.7 Å². The second-order valence-electron chi connectivity index (χ2n) is 5.78. The average Bonchev–Trinajstić information content (AvgIpc) is 2.60. The Hall–Kier alpha value is -1.10. The highest BCUT2D eigenvalue weighted by molar-refractivity contribution is 7.89. The lowest BCUT2D eigenvalue weighted by atomic mass is 10.2. The molecule has 1 aliphatic rings. The molecule has 1 aromatic rings. The van der Waals surface area contributed by atoms with E-state index in [1.54, 1.807) is 14.1 Å². The van der Waals surface area contributed by atoms with Gasteiger partial charge in [-0.25, -0.2) is 8.42 Å². The highest BCUT2D eigenvalue weighted by atomic mass is 35.5. The van der Waals surface area contributed by atoms with Crippen molar-refractivity contribution in [1.82, 2.24) is 9.21 Å². The van der Waals surface area contributed by atoms with Crippen molar-refractivity contribution in [1.29, 1.82) is 0 Å². The zero-order valence-electron chi connectivity index (χ0n) is 14.8. The first-order valence-corrected chi connectivity index (χ1v) is 9.45. The maximum Gasteiger partial charge on any atom is 0.257 e. The molecule has 0 radical (unpaired) electrons. The van der Waals surface area contributed by atoms with Crippen molar-refractivity contribution in [3.8, 4) is 5.75 Å². The molecule has 1 aromatic carbocycles. The first kappa shape index (κ1) is 22.9. The standard InChI is InChI=1S/C15H22ClN3O5S.ClH/c1-18(2)15(20)12-6-10(16)7-13(14(12)23-3)25(21,22)19-4-5-24-11(8-17)9-19;/h6-7,11H,4-5,8-9,17H2,1-3H3;1H. The van der Waals surface area contributed by atoms with Crippen LogP contribution in [-0.2, 0) is 14.8 Å². The number of carbonyl (C=O) groups is 1. The Labute approximate surface area is 164 Å². The van der Waals surface area contributed by atoms with Crippen LogP contribution >= 0.6 is 24.0 Å². The number of benzene rings is 1. The number of rotatable bonds is 5. The molecule has 0 aromatic heterocycles. The smallest absolute Gasteiger partial charge is 0.257 e. The van der Waals surface area contributed by atoms with E-state index in [0.29, 0.717) is 0 Å². The molecule has 2 rings (SSSR count). The number of hydrogen-bond acceptors (Lipinski definition) is 6. The molecule has 1 fully saturated rings. The van der Waals surface area contributed by atoms with E-state index in [-0.39, 0.29) is 66.0 Å². The quantitative estimate of drug-likeness (QED) is 0.745. The van der Waals surface area contributed by atoms with Crippen LogP contribution < -0.4 is 10.5 Å². The van der Waals surface area contributed by atoms with Gasteiger partial charge < -0.3 is 20.1 Å². The highest BCUT2D eigenvalue weighted by Crippen LogP contribution is 2.34. The first-order valence-electron chi connectivity index (χ1n) is 7.63. The molecule has 0 aliphatic carbocycles. The molecule has 11 heteroatoms. The lowest BCUT2D eigenvalue weighted by Gasteiger charge is -2.32. The fourth-order valence-electron chi connectivity index (χ4n) is 2.56. The minimum absolute atomic E-state index is 0. The summed E-state index contributed by atoms with van der Waals surface area (Å²) in [6.45, 7) is 0.771. The number of methoxy groups -OCH3 is 1. The fraction of sp³-hybridized carbons (Fsp3) is 0.533. The van der Waals surface area contributed by atoms with Crippen molar-refractivity contribution in [2.24, 2.45) is 5.73 Å². The molecule has 0 spiro atoms. The Kier molecular flexibility index (Phi) is 8.12. The molecular weight excluding hydrogens is 405 g/mol. The van der Waals surface area contributed by atoms with E-state index in [2.05, 4.69) is 0 Å². The predicted molar refractivity (Wildman–Crippen MR) is 101 cm³/mol. The fourth-order valence-corrected chi connectivity index (χ4v) is 4.50. The molecule has 148 valence electrons. The minimum Gasteiger partial charge on any atom is -0.494 e. The van der Waals surface area contributed by atoms with E-state index in [0.717, 1.165) is 0 Å². The number of nitrogens with zero attached hydrogens (tertiary/aromatic N) is 2. The first-order chi connectivity index (χ1) is 11.7. The summed E-state index contributed by atoms with van der Waals surface area (Å²) >= 11 is 6.07. The summed E-state index contributed by atoms with van der Waals surface area (Å²) in [5, 5.41) is 0.133. The van der Waals surface area contributed by atoms with E-state index in [9.17, 15) is 13.2 Å². The van der Waals surface area contributed by atoms with Crippen LogP contribution in [0, 0.1) is 0 Å². The summed E-state index contributed by atoms with van der Waals surface area (Å²) in [4.78, 5) is 13.5. The Morgan fingerprint density at radius 2 is 2.12 bits per heavy atom. The summed E-state index contributed by atoms with van der Waals surface area (Å²) in [6, 6.07) is 2.68. The van der Waals surface area contributed by atoms with Crippen LogP contribution in [0.5, 0.6) is 5.75 Å². The lowest BCUT2D eigenvalue weighted by molar-refractivity contribution is 0.00446. The molecule has 1 heterocycles. The van der Waals surface area contributed by atoms with Crippen LogP contribution in [0.3, 0.4) is 0 Å². The summed E-state index contributed by atoms with van der Waals surface area (Å²) in [6.07, 6.45) is -0.378. The predicted octanol–water partition coefficient (Wildman–Crippen LogP) is 0.820. The minimum atomic E-state index is -3.93. The van der Waals surface area contributed by atoms with E-state index in [1.165, 1.54) is 28.4 Å². The van der Waals surface area contributed by atoms with E-state index >= 15 is 0 Å². The Balaban J connectivity index is 0.00000338. The number of morpholine rings is 1. The highest BCUT2D eigenvalue weighted by Gasteiger charge is 2.34. The van der Waals surface area contributed by atoms with Gasteiger partial charge in [0, 0.05) is 38.8 Å². The molecule has 26 heavy (non-hydrogen) atoms. The van der Waals surface area contributed by atoms with Gasteiger partial charge in [0.2, 0.25) is 10.0 Å². The van der Waals surface area contributed by atoms with Crippen molar-refractivity contribution in [2.45, 2.75) is 11.0 Å². The van der Waals surface area contributed by atoms with Gasteiger partial charge in [-0.2, -0.15) is 4.31 Å². The number of amides is 1. The number of nitrogens with two attached hydrogens (primary N) is 1. The Morgan fingerprint density at radius 3 is 2.65 bits per heavy atom. The maximum atomic E-state index is 13.1. The van der Waals surface area contributed by atoms with Crippen LogP contribution in [-0.4, -0.2) is 77.1 Å². The Morgan fingerprint density at radius 1 is 1.46 bits per heavy atom. The van der Waals surface area contributed by atoms with Gasteiger partial charge in [-0.15, -0.1) is 12.4 Å². The summed E-state index contributed by atoms with van der Waals surface area (Å²) < 4.78 is 38.1. The average molecular weight is 428 g/mol. The normalized spacial score (nSPS) is 18.1. The van der Waals surface area contributed by atoms with Gasteiger partial charge in [0.05, 0.1) is 25.4 Å². The van der Waals surface area contributed by atoms with Crippen molar-refractivity contribution < 1.29 is 22.7 Å². The molecule has 1 unspecified atom stereocenters. The van der Waals surface area contributed by atoms with Crippen LogP contribution in [0.25, 0.3) is 0 Å². The molecule has 1 aliphatic heterocycles. The van der Waals surface area contributed by atoms with Gasteiger partial charge >= 0.3 is 0 Å². The molecule has 2 N–H and O–H groups in total. The van der Waals surface area contributed by atoms with Gasteiger partial charge in [-0.1, -0.05) is 11.6 Å². The molecular formula is C15H23Cl2N3O5S. The van der Waals surface area contributed by atoms with Gasteiger partial charge in [-0.3, -0.25) is 4.79 Å². The number of carbonyl (C=O) groups excluding carboxylic acids is 1. The SMILES string of the molecule is COc1c(C(=O)N(C)C)cc(Cl)cc1S(=O)(=O)N1CCOC(CN)C1.Cl. The van der Waals surface area contributed by atoms with Crippen LogP contribution in [0.2, 0.25) is 5.02 Å². The molecule has 8 nitrogen and oxygen atoms in total. The van der Waals surface area contributed by atoms with Gasteiger partial charge in [0.25, 0.3) is 5.91 Å². The van der Waals surface area contributed by atoms with Gasteiger partial charge in [-0.05, 0) is 12.1 Å². The summed E-state index contributed by atoms with van der Waals surface area (Å²) in [5.74, 6) is -0.434. The van der Waals surface area contributed by atoms with Gasteiger partial charge in [0.1, 0.15) is 4.90 Å². The number of halogens is 2. The summed E-state index contributed by atoms with van der Waals surface area (Å²) in [5.41, 5.74) is 5.67. The third-order valence-corrected chi connectivity index (χ3v) is 5.93. The number of sulfonamides is 1. The Bertz CT molecular complexity index is 758. The zero-order chi connectivity index (χ0) is 18.8. The van der Waals surface area contributed by atoms with E-state index in [1.807, 2.05) is 0 Å². The monoisotopic (exact) mass is 427 g/mol. The lowest BCUT2D eigenvalue weighted by Crippen LogP contribution is -2.48. The van der Waals surface area contributed by atoms with Crippen molar-refractivity contribution in [2.75, 3.05) is 47.4 Å². The van der Waals surface area contributed by atoms with Crippen molar-refractivity contribution in [3.63, 3.8) is 0 Å². The van der Waals surface area contributed by atoms with Crippen LogP contribution in [0.15, 0.2) is 17.0 Å². The third kappa shape index (κ3) is 4.59. The van der Waals surface area contributed by atoms with Crippen LogP contribution in [0.1, 0.15) is 10.4 Å². The number of ether oxygens (including phenoxy) is 2. The zero-order valence-corrected chi connectivity index (χ0v) is 17.2. The molecule has 0 bridgehead atoms. The largest absolute Gasteiger partial charge is 0.494 e. The molecule has 1 atom stereocenters. The van der Waals surface area contributed by atoms with Crippen molar-refractivity contribution >= 4 is 39.9 Å². The van der Waals surface area contributed by atoms with E-state index in [4.69, 9.17) is 26.8 Å². The molecule has 0 saturated carbocycles.